The van der Waals surface area contributed by atoms with Crippen molar-refractivity contribution in [1.29, 1.82) is 0 Å². The smallest absolute Gasteiger partial charge is 0.231 e. The van der Waals surface area contributed by atoms with Crippen LogP contribution in [0.1, 0.15) is 17.0 Å². The fourth-order valence-corrected chi connectivity index (χ4v) is 2.84. The molecular weight excluding hydrogens is 304 g/mol. The van der Waals surface area contributed by atoms with Crippen molar-refractivity contribution >= 4 is 23.2 Å². The van der Waals surface area contributed by atoms with E-state index in [-0.39, 0.29) is 13.4 Å². The number of aromatic nitrogens is 2. The first-order valence-electron chi connectivity index (χ1n) is 7.90. The van der Waals surface area contributed by atoms with Gasteiger partial charge in [0, 0.05) is 18.7 Å². The first kappa shape index (κ1) is 14.8. The third-order valence-corrected chi connectivity index (χ3v) is 4.10. The van der Waals surface area contributed by atoms with Gasteiger partial charge in [0.1, 0.15) is 5.82 Å². The van der Waals surface area contributed by atoms with E-state index < -0.39 is 0 Å². The van der Waals surface area contributed by atoms with Crippen molar-refractivity contribution in [2.45, 2.75) is 13.5 Å². The molecule has 0 atom stereocenters. The van der Waals surface area contributed by atoms with Crippen molar-refractivity contribution in [1.82, 2.24) is 9.55 Å². The zero-order valence-electron chi connectivity index (χ0n) is 13.4. The second-order valence-corrected chi connectivity index (χ2v) is 5.78. The molecule has 0 spiro atoms. The summed E-state index contributed by atoms with van der Waals surface area (Å²) in [6.07, 6.45) is 3.99. The minimum atomic E-state index is 0.0469. The summed E-state index contributed by atoms with van der Waals surface area (Å²) < 4.78 is 12.9. The number of imidazole rings is 1. The first-order valence-corrected chi connectivity index (χ1v) is 7.90. The topological polar surface area (TPSA) is 56.5 Å². The highest BCUT2D eigenvalue weighted by Crippen LogP contribution is 2.36. The molecule has 0 amide bonds. The molecule has 1 aliphatic heterocycles. The lowest BCUT2D eigenvalue weighted by Gasteiger charge is -2.05. The molecule has 5 nitrogen and oxygen atoms in total. The molecule has 4 rings (SSSR count). The molecule has 1 aliphatic rings. The number of rotatable bonds is 4. The van der Waals surface area contributed by atoms with E-state index in [4.69, 9.17) is 9.47 Å². The van der Waals surface area contributed by atoms with Gasteiger partial charge in [-0.15, -0.1) is 0 Å². The number of benzene rings is 2. The van der Waals surface area contributed by atoms with Crippen LogP contribution in [0.2, 0.25) is 0 Å². The Balaban J connectivity index is 1.76. The fourth-order valence-electron chi connectivity index (χ4n) is 2.84. The molecule has 24 heavy (non-hydrogen) atoms. The van der Waals surface area contributed by atoms with Gasteiger partial charge in [0.25, 0.3) is 0 Å². The highest BCUT2D eigenvalue weighted by molar-refractivity contribution is 5.83. The summed E-state index contributed by atoms with van der Waals surface area (Å²) >= 11 is 0. The second-order valence-electron chi connectivity index (χ2n) is 5.78. The number of aliphatic hydroxyl groups is 1. The molecule has 1 N–H and O–H groups in total. The molecule has 3 aromatic rings. The molecule has 1 aromatic heterocycles. The van der Waals surface area contributed by atoms with E-state index >= 15 is 0 Å². The zero-order valence-corrected chi connectivity index (χ0v) is 13.4. The van der Waals surface area contributed by atoms with E-state index in [0.717, 1.165) is 28.2 Å². The molecule has 0 radical (unpaired) electrons. The van der Waals surface area contributed by atoms with Gasteiger partial charge in [-0.3, -0.25) is 0 Å². The molecule has 0 fully saturated rings. The third-order valence-electron chi connectivity index (χ3n) is 4.10. The third kappa shape index (κ3) is 2.63. The first-order chi connectivity index (χ1) is 11.7. The summed E-state index contributed by atoms with van der Waals surface area (Å²) in [5.41, 5.74) is 4.10. The quantitative estimate of drug-likeness (QED) is 0.801. The maximum Gasteiger partial charge on any atom is 0.231 e. The maximum absolute atomic E-state index is 9.40. The van der Waals surface area contributed by atoms with Crippen LogP contribution in [0.3, 0.4) is 0 Å². The second kappa shape index (κ2) is 6.02. The predicted octanol–water partition coefficient (Wildman–Crippen LogP) is 3.24. The number of ether oxygens (including phenoxy) is 2. The molecule has 0 bridgehead atoms. The fraction of sp³-hybridized carbons (Fsp3) is 0.211. The molecular formula is C19H18N2O3. The number of aryl methyl sites for hydroxylation is 1. The van der Waals surface area contributed by atoms with Crippen LogP contribution in [0, 0.1) is 6.92 Å². The average molecular weight is 322 g/mol. The van der Waals surface area contributed by atoms with E-state index in [9.17, 15) is 5.11 Å². The van der Waals surface area contributed by atoms with E-state index in [0.29, 0.717) is 12.3 Å². The van der Waals surface area contributed by atoms with Crippen molar-refractivity contribution in [2.75, 3.05) is 13.4 Å². The summed E-state index contributed by atoms with van der Waals surface area (Å²) in [6.45, 7) is 2.83. The Morgan fingerprint density at radius 1 is 1.12 bits per heavy atom. The van der Waals surface area contributed by atoms with Crippen molar-refractivity contribution in [3.63, 3.8) is 0 Å². The molecule has 5 heteroatoms. The van der Waals surface area contributed by atoms with Gasteiger partial charge in [0.15, 0.2) is 11.5 Å². The lowest BCUT2D eigenvalue weighted by Crippen LogP contribution is -2.04. The van der Waals surface area contributed by atoms with Gasteiger partial charge in [-0.05, 0) is 18.6 Å². The highest BCUT2D eigenvalue weighted by Gasteiger charge is 2.18. The minimum absolute atomic E-state index is 0.0469. The van der Waals surface area contributed by atoms with Crippen LogP contribution in [0.5, 0.6) is 11.5 Å². The lowest BCUT2D eigenvalue weighted by atomic mass is 10.1. The molecule has 0 unspecified atom stereocenters. The van der Waals surface area contributed by atoms with E-state index in [1.165, 1.54) is 5.56 Å². The van der Waals surface area contributed by atoms with Crippen molar-refractivity contribution in [3.05, 3.63) is 53.3 Å². The number of hydrogen-bond donors (Lipinski definition) is 1. The Labute approximate surface area is 139 Å². The highest BCUT2D eigenvalue weighted by atomic mass is 16.7. The van der Waals surface area contributed by atoms with E-state index in [1.807, 2.05) is 28.9 Å². The van der Waals surface area contributed by atoms with Crippen LogP contribution in [-0.2, 0) is 6.54 Å². The molecule has 2 aromatic carbocycles. The molecule has 0 aliphatic carbocycles. The SMILES string of the molecule is Cc1ccc(/C=C/c2nc3cc4c(cc3n2CCO)OCO4)cc1. The lowest BCUT2D eigenvalue weighted by molar-refractivity contribution is 0.174. The maximum atomic E-state index is 9.40. The summed E-state index contributed by atoms with van der Waals surface area (Å²) in [6, 6.07) is 12.1. The van der Waals surface area contributed by atoms with Gasteiger partial charge in [-0.25, -0.2) is 4.98 Å². The number of hydrogen-bond acceptors (Lipinski definition) is 4. The zero-order chi connectivity index (χ0) is 16.5. The number of nitrogens with zero attached hydrogens (tertiary/aromatic N) is 2. The van der Waals surface area contributed by atoms with Crippen LogP contribution in [-0.4, -0.2) is 28.1 Å². The Kier molecular flexibility index (Phi) is 3.70. The molecule has 122 valence electrons. The largest absolute Gasteiger partial charge is 0.454 e. The predicted molar refractivity (Wildman–Crippen MR) is 93.0 cm³/mol. The van der Waals surface area contributed by atoms with E-state index in [1.54, 1.807) is 0 Å². The van der Waals surface area contributed by atoms with Crippen LogP contribution in [0.15, 0.2) is 36.4 Å². The van der Waals surface area contributed by atoms with Crippen molar-refractivity contribution in [3.8, 4) is 11.5 Å². The Hall–Kier alpha value is -2.79. The summed E-state index contributed by atoms with van der Waals surface area (Å²) in [5, 5.41) is 9.40. The Morgan fingerprint density at radius 3 is 2.62 bits per heavy atom. The van der Waals surface area contributed by atoms with Gasteiger partial charge >= 0.3 is 0 Å². The number of aliphatic hydroxyl groups excluding tert-OH is 1. The van der Waals surface area contributed by atoms with Gasteiger partial charge in [0.05, 0.1) is 17.6 Å². The average Bonchev–Trinajstić information content (AvgIpc) is 3.17. The van der Waals surface area contributed by atoms with Gasteiger partial charge in [-0.1, -0.05) is 35.9 Å². The Morgan fingerprint density at radius 2 is 1.88 bits per heavy atom. The monoisotopic (exact) mass is 322 g/mol. The summed E-state index contributed by atoms with van der Waals surface area (Å²) in [5.74, 6) is 2.23. The Bertz CT molecular complexity index is 911. The molecule has 0 saturated carbocycles. The molecule has 2 heterocycles. The van der Waals surface area contributed by atoms with Gasteiger partial charge < -0.3 is 19.1 Å². The van der Waals surface area contributed by atoms with Gasteiger partial charge in [-0.2, -0.15) is 0 Å². The van der Waals surface area contributed by atoms with Gasteiger partial charge in [0.2, 0.25) is 6.79 Å². The normalized spacial score (nSPS) is 13.2. The standard InChI is InChI=1S/C19H18N2O3/c1-13-2-4-14(5-3-13)6-7-19-20-15-10-17-18(24-12-23-17)11-16(15)21(19)8-9-22/h2-7,10-11,22H,8-9,12H2,1H3/b7-6+. The number of fused-ring (bicyclic) bond motifs is 2. The van der Waals surface area contributed by atoms with E-state index in [2.05, 4.69) is 36.2 Å². The summed E-state index contributed by atoms with van der Waals surface area (Å²) in [4.78, 5) is 4.67. The van der Waals surface area contributed by atoms with Crippen LogP contribution in [0.25, 0.3) is 23.2 Å². The van der Waals surface area contributed by atoms with Crippen LogP contribution >= 0.6 is 0 Å². The van der Waals surface area contributed by atoms with Crippen LogP contribution in [0.4, 0.5) is 0 Å². The molecule has 0 saturated heterocycles. The van der Waals surface area contributed by atoms with Crippen molar-refractivity contribution in [2.24, 2.45) is 0 Å². The van der Waals surface area contributed by atoms with Crippen molar-refractivity contribution < 1.29 is 14.6 Å². The van der Waals surface area contributed by atoms with Crippen LogP contribution < -0.4 is 9.47 Å². The summed E-state index contributed by atoms with van der Waals surface area (Å²) in [7, 11) is 0. The minimum Gasteiger partial charge on any atom is -0.454 e.